The van der Waals surface area contributed by atoms with E-state index < -0.39 is 0 Å². The third kappa shape index (κ3) is 3.78. The molecule has 0 saturated carbocycles. The van der Waals surface area contributed by atoms with Gasteiger partial charge >= 0.3 is 5.97 Å². The summed E-state index contributed by atoms with van der Waals surface area (Å²) in [7, 11) is 0. The van der Waals surface area contributed by atoms with Crippen molar-refractivity contribution >= 4 is 17.7 Å². The lowest BCUT2D eigenvalue weighted by molar-refractivity contribution is -0.139. The zero-order valence-corrected chi connectivity index (χ0v) is 8.97. The van der Waals surface area contributed by atoms with Crippen LogP contribution in [0.4, 0.5) is 0 Å². The lowest BCUT2D eigenvalue weighted by Gasteiger charge is -1.99. The van der Waals surface area contributed by atoms with Crippen molar-refractivity contribution in [3.05, 3.63) is 11.8 Å². The first-order valence-corrected chi connectivity index (χ1v) is 5.40. The zero-order valence-electron chi connectivity index (χ0n) is 8.15. The number of hydrogen-bond donors (Lipinski definition) is 0. The molecule has 0 fully saturated rings. The quantitative estimate of drug-likeness (QED) is 0.688. The summed E-state index contributed by atoms with van der Waals surface area (Å²) in [5.41, 5.74) is 0. The van der Waals surface area contributed by atoms with Crippen LogP contribution in [-0.4, -0.2) is 28.5 Å². The van der Waals surface area contributed by atoms with Gasteiger partial charge in [-0.15, -0.1) is 22.0 Å². The summed E-state index contributed by atoms with van der Waals surface area (Å²) in [6.45, 7) is 3.93. The topological polar surface area (TPSA) is 65.2 Å². The fourth-order valence-electron chi connectivity index (χ4n) is 0.820. The molecule has 0 radical (unpaired) electrons. The number of thioether (sulfide) groups is 1. The molecule has 0 aromatic carbocycles. The monoisotopic (exact) mass is 216 g/mol. The summed E-state index contributed by atoms with van der Waals surface area (Å²) >= 11 is 1.40. The molecule has 0 aliphatic heterocycles. The molecule has 1 aromatic heterocycles. The average Bonchev–Trinajstić information content (AvgIpc) is 2.52. The van der Waals surface area contributed by atoms with E-state index in [2.05, 4.69) is 10.2 Å². The van der Waals surface area contributed by atoms with E-state index in [1.165, 1.54) is 11.8 Å². The fourth-order valence-corrected chi connectivity index (χ4v) is 1.46. The third-order valence-electron chi connectivity index (χ3n) is 1.32. The van der Waals surface area contributed by atoms with Crippen LogP contribution in [0.2, 0.25) is 0 Å². The first-order valence-electron chi connectivity index (χ1n) is 4.24. The van der Waals surface area contributed by atoms with Crippen LogP contribution in [0.1, 0.15) is 18.7 Å². The zero-order chi connectivity index (χ0) is 10.4. The number of esters is 1. The maximum absolute atomic E-state index is 10.9. The van der Waals surface area contributed by atoms with Crippen LogP contribution < -0.4 is 0 Å². The smallest absolute Gasteiger partial charge is 0.315 e. The van der Waals surface area contributed by atoms with E-state index in [9.17, 15) is 4.79 Å². The Hall–Kier alpha value is -1.04. The van der Waals surface area contributed by atoms with Gasteiger partial charge in [0, 0.05) is 6.92 Å². The van der Waals surface area contributed by atoms with E-state index in [1.54, 1.807) is 13.8 Å². The Morgan fingerprint density at radius 1 is 1.57 bits per heavy atom. The highest BCUT2D eigenvalue weighted by molar-refractivity contribution is 7.99. The number of rotatable bonds is 5. The molecule has 78 valence electrons. The van der Waals surface area contributed by atoms with Crippen molar-refractivity contribution in [1.29, 1.82) is 0 Å². The van der Waals surface area contributed by atoms with Crippen molar-refractivity contribution in [3.63, 3.8) is 0 Å². The van der Waals surface area contributed by atoms with E-state index in [4.69, 9.17) is 9.15 Å². The molecule has 1 rings (SSSR count). The second-order valence-electron chi connectivity index (χ2n) is 2.51. The van der Waals surface area contributed by atoms with E-state index in [-0.39, 0.29) is 5.97 Å². The summed E-state index contributed by atoms with van der Waals surface area (Å²) < 4.78 is 9.89. The lowest BCUT2D eigenvalue weighted by Crippen LogP contribution is -2.06. The predicted molar refractivity (Wildman–Crippen MR) is 51.8 cm³/mol. The van der Waals surface area contributed by atoms with Gasteiger partial charge in [-0.3, -0.25) is 4.79 Å². The van der Waals surface area contributed by atoms with Gasteiger partial charge in [-0.25, -0.2) is 0 Å². The van der Waals surface area contributed by atoms with Crippen molar-refractivity contribution in [3.8, 4) is 0 Å². The van der Waals surface area contributed by atoms with Crippen LogP contribution in [-0.2, 0) is 15.3 Å². The molecule has 0 aliphatic carbocycles. The second-order valence-corrected chi connectivity index (χ2v) is 3.50. The van der Waals surface area contributed by atoms with Gasteiger partial charge < -0.3 is 9.15 Å². The second kappa shape index (κ2) is 5.64. The minimum absolute atomic E-state index is 0.214. The van der Waals surface area contributed by atoms with Crippen LogP contribution in [0.3, 0.4) is 0 Å². The molecule has 0 bridgehead atoms. The number of ether oxygens (including phenoxy) is 1. The van der Waals surface area contributed by atoms with Gasteiger partial charge in [0.2, 0.25) is 11.8 Å². The average molecular weight is 216 g/mol. The first kappa shape index (κ1) is 11.0. The molecule has 0 spiro atoms. The summed E-state index contributed by atoms with van der Waals surface area (Å²) in [6, 6.07) is 0. The predicted octanol–water partition coefficient (Wildman–Crippen LogP) is 1.17. The number of hydrogen-bond acceptors (Lipinski definition) is 6. The highest BCUT2D eigenvalue weighted by atomic mass is 32.2. The van der Waals surface area contributed by atoms with E-state index in [1.807, 2.05) is 0 Å². The van der Waals surface area contributed by atoms with Crippen LogP contribution in [0.25, 0.3) is 0 Å². The van der Waals surface area contributed by atoms with Crippen LogP contribution >= 0.6 is 11.8 Å². The van der Waals surface area contributed by atoms with Crippen molar-refractivity contribution < 1.29 is 13.9 Å². The highest BCUT2D eigenvalue weighted by Gasteiger charge is 2.05. The standard InChI is InChI=1S/C8H12N2O3S/c1-3-12-8(11)5-14-4-7-10-9-6(2)13-7/h3-5H2,1-2H3. The molecule has 0 saturated heterocycles. The number of carbonyl (C=O) groups excluding carboxylic acids is 1. The molecule has 0 amide bonds. The Morgan fingerprint density at radius 3 is 2.93 bits per heavy atom. The number of aromatic nitrogens is 2. The van der Waals surface area contributed by atoms with E-state index >= 15 is 0 Å². The van der Waals surface area contributed by atoms with Gasteiger partial charge in [0.05, 0.1) is 18.1 Å². The Kier molecular flexibility index (Phi) is 4.45. The first-order chi connectivity index (χ1) is 6.72. The van der Waals surface area contributed by atoms with Crippen molar-refractivity contribution in [2.75, 3.05) is 12.4 Å². The molecule has 14 heavy (non-hydrogen) atoms. The molecular formula is C8H12N2O3S. The van der Waals surface area contributed by atoms with Gasteiger partial charge in [-0.2, -0.15) is 0 Å². The molecular weight excluding hydrogens is 204 g/mol. The molecule has 1 aromatic rings. The normalized spacial score (nSPS) is 10.1. The van der Waals surface area contributed by atoms with Gasteiger partial charge in [-0.1, -0.05) is 0 Å². The van der Waals surface area contributed by atoms with E-state index in [0.717, 1.165) is 0 Å². The maximum Gasteiger partial charge on any atom is 0.315 e. The van der Waals surface area contributed by atoms with E-state index in [0.29, 0.717) is 29.9 Å². The van der Waals surface area contributed by atoms with Crippen molar-refractivity contribution in [2.24, 2.45) is 0 Å². The van der Waals surface area contributed by atoms with Crippen molar-refractivity contribution in [2.45, 2.75) is 19.6 Å². The maximum atomic E-state index is 10.9. The van der Waals surface area contributed by atoms with Gasteiger partial charge in [0.25, 0.3) is 0 Å². The molecule has 1 heterocycles. The summed E-state index contributed by atoms with van der Waals surface area (Å²) in [6.07, 6.45) is 0. The molecule has 6 heteroatoms. The van der Waals surface area contributed by atoms with Gasteiger partial charge in [0.15, 0.2) is 0 Å². The Bertz CT molecular complexity index is 301. The minimum Gasteiger partial charge on any atom is -0.465 e. The summed E-state index contributed by atoms with van der Waals surface area (Å²) in [4.78, 5) is 10.9. The minimum atomic E-state index is -0.214. The third-order valence-corrected chi connectivity index (χ3v) is 2.21. The Morgan fingerprint density at radius 2 is 2.36 bits per heavy atom. The molecule has 5 nitrogen and oxygen atoms in total. The number of aryl methyl sites for hydroxylation is 1. The van der Waals surface area contributed by atoms with Crippen molar-refractivity contribution in [1.82, 2.24) is 10.2 Å². The fraction of sp³-hybridized carbons (Fsp3) is 0.625. The van der Waals surface area contributed by atoms with Crippen LogP contribution in [0.5, 0.6) is 0 Å². The SMILES string of the molecule is CCOC(=O)CSCc1nnc(C)o1. The molecule has 0 atom stereocenters. The highest BCUT2D eigenvalue weighted by Crippen LogP contribution is 2.10. The Labute approximate surface area is 86.2 Å². The summed E-state index contributed by atoms with van der Waals surface area (Å²) in [5.74, 6) is 1.72. The molecule has 0 aliphatic rings. The number of carbonyl (C=O) groups is 1. The lowest BCUT2D eigenvalue weighted by atomic mass is 10.8. The summed E-state index contributed by atoms with van der Waals surface area (Å²) in [5, 5.41) is 7.47. The number of nitrogens with zero attached hydrogens (tertiary/aromatic N) is 2. The Balaban J connectivity index is 2.18. The van der Waals surface area contributed by atoms with Gasteiger partial charge in [0.1, 0.15) is 0 Å². The molecule has 0 unspecified atom stereocenters. The van der Waals surface area contributed by atoms with Crippen LogP contribution in [0, 0.1) is 6.92 Å². The largest absolute Gasteiger partial charge is 0.465 e. The van der Waals surface area contributed by atoms with Crippen LogP contribution in [0.15, 0.2) is 4.42 Å². The van der Waals surface area contributed by atoms with Gasteiger partial charge in [-0.05, 0) is 6.92 Å². The molecule has 0 N–H and O–H groups in total.